The van der Waals surface area contributed by atoms with Gasteiger partial charge in [-0.3, -0.25) is 0 Å². The molecule has 0 aromatic rings. The minimum Gasteiger partial charge on any atom is -0.367 e. The van der Waals surface area contributed by atoms with Crippen molar-refractivity contribution in [1.29, 1.82) is 0 Å². The lowest BCUT2D eigenvalue weighted by molar-refractivity contribution is 0.270. The van der Waals surface area contributed by atoms with Crippen LogP contribution in [-0.2, 0) is 4.74 Å². The highest BCUT2D eigenvalue weighted by Gasteiger charge is 2.47. The van der Waals surface area contributed by atoms with Crippen LogP contribution in [0.4, 0.5) is 0 Å². The molecule has 2 atom stereocenters. The summed E-state index contributed by atoms with van der Waals surface area (Å²) in [5, 5.41) is 0. The number of hydrogen-bond acceptors (Lipinski definition) is 2. The second-order valence-electron chi connectivity index (χ2n) is 3.63. The van der Waals surface area contributed by atoms with Gasteiger partial charge in [-0.1, -0.05) is 13.8 Å². The summed E-state index contributed by atoms with van der Waals surface area (Å²) < 4.78 is 5.43. The molecule has 2 heteroatoms. The second kappa shape index (κ2) is 4.83. The minimum absolute atomic E-state index is 0.199. The normalized spacial score (nSPS) is 32.8. The van der Waals surface area contributed by atoms with Crippen LogP contribution in [0.15, 0.2) is 0 Å². The van der Waals surface area contributed by atoms with Gasteiger partial charge < -0.3 is 9.64 Å². The Morgan fingerprint density at radius 3 is 2.00 bits per heavy atom. The Kier molecular flexibility index (Phi) is 4.80. The van der Waals surface area contributed by atoms with Gasteiger partial charge in [0.15, 0.2) is 0 Å². The SMILES string of the molecule is CC.CC1OC1(C)CCN(C)C. The summed E-state index contributed by atoms with van der Waals surface area (Å²) in [6, 6.07) is 0. The van der Waals surface area contributed by atoms with E-state index in [2.05, 4.69) is 32.8 Å². The molecule has 1 heterocycles. The maximum atomic E-state index is 5.43. The molecule has 2 nitrogen and oxygen atoms in total. The molecule has 0 aliphatic carbocycles. The van der Waals surface area contributed by atoms with Crippen LogP contribution in [0.5, 0.6) is 0 Å². The van der Waals surface area contributed by atoms with Gasteiger partial charge in [0, 0.05) is 6.54 Å². The van der Waals surface area contributed by atoms with Crippen molar-refractivity contribution in [1.82, 2.24) is 4.90 Å². The van der Waals surface area contributed by atoms with E-state index in [9.17, 15) is 0 Å². The molecule has 1 saturated heterocycles. The average molecular weight is 173 g/mol. The number of rotatable bonds is 3. The van der Waals surface area contributed by atoms with Crippen molar-refractivity contribution >= 4 is 0 Å². The predicted molar refractivity (Wildman–Crippen MR) is 53.5 cm³/mol. The number of epoxide rings is 1. The fourth-order valence-corrected chi connectivity index (χ4v) is 1.08. The Morgan fingerprint density at radius 1 is 1.33 bits per heavy atom. The van der Waals surface area contributed by atoms with Crippen LogP contribution in [0.1, 0.15) is 34.1 Å². The van der Waals surface area contributed by atoms with Crippen molar-refractivity contribution in [3.05, 3.63) is 0 Å². The largest absolute Gasteiger partial charge is 0.367 e. The number of ether oxygens (including phenoxy) is 1. The number of hydrogen-bond donors (Lipinski definition) is 0. The van der Waals surface area contributed by atoms with E-state index in [-0.39, 0.29) is 5.60 Å². The van der Waals surface area contributed by atoms with E-state index in [4.69, 9.17) is 4.74 Å². The lowest BCUT2D eigenvalue weighted by atomic mass is 10.1. The number of nitrogens with zero attached hydrogens (tertiary/aromatic N) is 1. The zero-order chi connectivity index (χ0) is 9.78. The molecule has 0 aromatic carbocycles. The van der Waals surface area contributed by atoms with Crippen LogP contribution in [-0.4, -0.2) is 37.2 Å². The molecule has 1 rings (SSSR count). The first kappa shape index (κ1) is 11.9. The zero-order valence-electron chi connectivity index (χ0n) is 9.35. The molecular formula is C10H23NO. The van der Waals surface area contributed by atoms with Crippen LogP contribution in [0, 0.1) is 0 Å². The van der Waals surface area contributed by atoms with Gasteiger partial charge in [0.05, 0.1) is 11.7 Å². The molecule has 1 aliphatic heterocycles. The summed E-state index contributed by atoms with van der Waals surface area (Å²) in [6.07, 6.45) is 1.63. The molecular weight excluding hydrogens is 150 g/mol. The van der Waals surface area contributed by atoms with E-state index >= 15 is 0 Å². The summed E-state index contributed by atoms with van der Waals surface area (Å²) in [5.41, 5.74) is 0.199. The Bertz CT molecular complexity index is 125. The third-order valence-corrected chi connectivity index (χ3v) is 2.30. The summed E-state index contributed by atoms with van der Waals surface area (Å²) >= 11 is 0. The third-order valence-electron chi connectivity index (χ3n) is 2.30. The Balaban J connectivity index is 0.000000561. The predicted octanol–water partition coefficient (Wildman–Crippen LogP) is 2.14. The van der Waals surface area contributed by atoms with Crippen molar-refractivity contribution in [3.8, 4) is 0 Å². The quantitative estimate of drug-likeness (QED) is 0.608. The van der Waals surface area contributed by atoms with Gasteiger partial charge in [0.2, 0.25) is 0 Å². The van der Waals surface area contributed by atoms with Crippen LogP contribution in [0.2, 0.25) is 0 Å². The van der Waals surface area contributed by atoms with E-state index in [1.165, 1.54) is 0 Å². The third kappa shape index (κ3) is 3.55. The Hall–Kier alpha value is -0.0800. The molecule has 1 aliphatic rings. The molecule has 0 bridgehead atoms. The minimum atomic E-state index is 0.199. The van der Waals surface area contributed by atoms with Crippen LogP contribution < -0.4 is 0 Å². The highest BCUT2D eigenvalue weighted by molar-refractivity contribution is 4.95. The van der Waals surface area contributed by atoms with Crippen molar-refractivity contribution in [3.63, 3.8) is 0 Å². The summed E-state index contributed by atoms with van der Waals surface area (Å²) in [6.45, 7) is 9.44. The fraction of sp³-hybridized carbons (Fsp3) is 1.00. The molecule has 12 heavy (non-hydrogen) atoms. The molecule has 2 unspecified atom stereocenters. The summed E-state index contributed by atoms with van der Waals surface area (Å²) in [4.78, 5) is 2.19. The van der Waals surface area contributed by atoms with Gasteiger partial charge in [-0.25, -0.2) is 0 Å². The van der Waals surface area contributed by atoms with Crippen LogP contribution in [0.3, 0.4) is 0 Å². The van der Waals surface area contributed by atoms with E-state index in [1.54, 1.807) is 0 Å². The van der Waals surface area contributed by atoms with Gasteiger partial charge in [-0.15, -0.1) is 0 Å². The molecule has 0 amide bonds. The zero-order valence-corrected chi connectivity index (χ0v) is 9.35. The maximum Gasteiger partial charge on any atom is 0.0929 e. The molecule has 0 N–H and O–H groups in total. The van der Waals surface area contributed by atoms with Gasteiger partial charge in [-0.2, -0.15) is 0 Å². The monoisotopic (exact) mass is 173 g/mol. The van der Waals surface area contributed by atoms with Gasteiger partial charge in [0.1, 0.15) is 0 Å². The summed E-state index contributed by atoms with van der Waals surface area (Å²) in [5.74, 6) is 0. The van der Waals surface area contributed by atoms with Gasteiger partial charge in [0.25, 0.3) is 0 Å². The lowest BCUT2D eigenvalue weighted by Gasteiger charge is -2.11. The first-order valence-corrected chi connectivity index (χ1v) is 4.87. The molecule has 0 aromatic heterocycles. The average Bonchev–Trinajstić information content (AvgIpc) is 2.61. The van der Waals surface area contributed by atoms with Crippen molar-refractivity contribution in [2.45, 2.75) is 45.8 Å². The lowest BCUT2D eigenvalue weighted by Crippen LogP contribution is -2.20. The van der Waals surface area contributed by atoms with E-state index in [1.807, 2.05) is 13.8 Å². The summed E-state index contributed by atoms with van der Waals surface area (Å²) in [7, 11) is 4.19. The van der Waals surface area contributed by atoms with Crippen molar-refractivity contribution in [2.75, 3.05) is 20.6 Å². The second-order valence-corrected chi connectivity index (χ2v) is 3.63. The molecule has 0 radical (unpaired) electrons. The van der Waals surface area contributed by atoms with Crippen LogP contribution >= 0.6 is 0 Å². The highest BCUT2D eigenvalue weighted by Crippen LogP contribution is 2.38. The van der Waals surface area contributed by atoms with Crippen LogP contribution in [0.25, 0.3) is 0 Å². The maximum absolute atomic E-state index is 5.43. The van der Waals surface area contributed by atoms with Crippen molar-refractivity contribution < 1.29 is 4.74 Å². The fourth-order valence-electron chi connectivity index (χ4n) is 1.08. The molecule has 0 spiro atoms. The van der Waals surface area contributed by atoms with Gasteiger partial charge >= 0.3 is 0 Å². The highest BCUT2D eigenvalue weighted by atomic mass is 16.6. The van der Waals surface area contributed by atoms with E-state index in [0.29, 0.717) is 6.10 Å². The van der Waals surface area contributed by atoms with E-state index in [0.717, 1.165) is 13.0 Å². The first-order chi connectivity index (χ1) is 5.54. The smallest absolute Gasteiger partial charge is 0.0929 e. The molecule has 0 saturated carbocycles. The van der Waals surface area contributed by atoms with Gasteiger partial charge in [-0.05, 0) is 34.4 Å². The van der Waals surface area contributed by atoms with Crippen molar-refractivity contribution in [2.24, 2.45) is 0 Å². The topological polar surface area (TPSA) is 15.8 Å². The first-order valence-electron chi connectivity index (χ1n) is 4.87. The Morgan fingerprint density at radius 2 is 1.75 bits per heavy atom. The molecule has 74 valence electrons. The van der Waals surface area contributed by atoms with E-state index < -0.39 is 0 Å². The standard InChI is InChI=1S/C8H17NO.C2H6/c1-7-8(2,10-7)5-6-9(3)4;1-2/h7H,5-6H2,1-4H3;1-2H3. The molecule has 1 fully saturated rings. The Labute approximate surface area is 76.9 Å².